The first-order chi connectivity index (χ1) is 8.53. The number of carbonyl (C=O) groups excluding carboxylic acids is 1. The number of likely N-dealkylation sites (tertiary alicyclic amines) is 1. The van der Waals surface area contributed by atoms with Gasteiger partial charge in [0.1, 0.15) is 5.54 Å². The molecule has 0 aromatic heterocycles. The van der Waals surface area contributed by atoms with E-state index in [0.29, 0.717) is 25.3 Å². The molecule has 2 fully saturated rings. The molecule has 2 N–H and O–H groups in total. The van der Waals surface area contributed by atoms with E-state index in [1.807, 2.05) is 13.8 Å². The van der Waals surface area contributed by atoms with E-state index in [4.69, 9.17) is 0 Å². The van der Waals surface area contributed by atoms with Crippen molar-refractivity contribution in [1.29, 1.82) is 0 Å². The molecular formula is C13H22N2O3. The average Bonchev–Trinajstić information content (AvgIpc) is 2.94. The van der Waals surface area contributed by atoms with Gasteiger partial charge < -0.3 is 15.3 Å². The molecule has 0 aliphatic carbocycles. The molecule has 2 aliphatic rings. The van der Waals surface area contributed by atoms with E-state index >= 15 is 0 Å². The molecular weight excluding hydrogens is 232 g/mol. The van der Waals surface area contributed by atoms with Crippen molar-refractivity contribution in [2.24, 2.45) is 5.92 Å². The van der Waals surface area contributed by atoms with Crippen molar-refractivity contribution in [2.75, 3.05) is 13.1 Å². The van der Waals surface area contributed by atoms with E-state index in [2.05, 4.69) is 5.32 Å². The summed E-state index contributed by atoms with van der Waals surface area (Å²) in [7, 11) is 0. The number of carboxylic acid groups (broad SMARTS) is 1. The molecule has 3 unspecified atom stereocenters. The van der Waals surface area contributed by atoms with Gasteiger partial charge >= 0.3 is 5.97 Å². The summed E-state index contributed by atoms with van der Waals surface area (Å²) in [6, 6.07) is -0.201. The average molecular weight is 254 g/mol. The fraction of sp³-hybridized carbons (Fsp3) is 0.846. The minimum absolute atomic E-state index is 0.0262. The summed E-state index contributed by atoms with van der Waals surface area (Å²) in [5.41, 5.74) is -0.971. The Hall–Kier alpha value is -1.10. The van der Waals surface area contributed by atoms with Gasteiger partial charge in [-0.25, -0.2) is 4.79 Å². The second-order valence-electron chi connectivity index (χ2n) is 5.48. The number of carboxylic acids is 1. The Kier molecular flexibility index (Phi) is 3.61. The molecule has 5 nitrogen and oxygen atoms in total. The number of carbonyl (C=O) groups is 2. The van der Waals surface area contributed by atoms with Gasteiger partial charge in [0.2, 0.25) is 5.91 Å². The Morgan fingerprint density at radius 3 is 2.72 bits per heavy atom. The van der Waals surface area contributed by atoms with Crippen LogP contribution in [0.3, 0.4) is 0 Å². The molecule has 102 valence electrons. The molecule has 5 heteroatoms. The summed E-state index contributed by atoms with van der Waals surface area (Å²) < 4.78 is 0. The molecule has 2 heterocycles. The van der Waals surface area contributed by atoms with Crippen molar-refractivity contribution in [2.45, 2.75) is 51.1 Å². The maximum absolute atomic E-state index is 12.5. The van der Waals surface area contributed by atoms with Gasteiger partial charge in [-0.15, -0.1) is 0 Å². The molecule has 0 saturated carbocycles. The molecule has 3 atom stereocenters. The van der Waals surface area contributed by atoms with E-state index in [0.717, 1.165) is 19.4 Å². The Bertz CT molecular complexity index is 358. The maximum atomic E-state index is 12.5. The van der Waals surface area contributed by atoms with Crippen LogP contribution in [0.5, 0.6) is 0 Å². The molecule has 2 rings (SSSR count). The molecule has 0 aromatic rings. The fourth-order valence-corrected chi connectivity index (χ4v) is 3.27. The minimum atomic E-state index is -0.971. The second-order valence-corrected chi connectivity index (χ2v) is 5.48. The second kappa shape index (κ2) is 4.88. The summed E-state index contributed by atoms with van der Waals surface area (Å²) in [5.74, 6) is -0.593. The van der Waals surface area contributed by atoms with E-state index in [1.165, 1.54) is 0 Å². The fourth-order valence-electron chi connectivity index (χ4n) is 3.27. The highest BCUT2D eigenvalue weighted by atomic mass is 16.4. The van der Waals surface area contributed by atoms with Gasteiger partial charge in [-0.05, 0) is 38.1 Å². The number of nitrogens with one attached hydrogen (secondary N) is 1. The Labute approximate surface area is 108 Å². The monoisotopic (exact) mass is 254 g/mol. The number of nitrogens with zero attached hydrogens (tertiary/aromatic N) is 1. The van der Waals surface area contributed by atoms with Crippen molar-refractivity contribution in [1.82, 2.24) is 10.2 Å². The third-order valence-corrected chi connectivity index (χ3v) is 4.54. The zero-order valence-corrected chi connectivity index (χ0v) is 11.1. The SMILES string of the molecule is CCC1(C(=O)O)CCCN1C(=O)C1NCCC1C. The Balaban J connectivity index is 2.21. The van der Waals surface area contributed by atoms with Gasteiger partial charge in [0.05, 0.1) is 6.04 Å². The van der Waals surface area contributed by atoms with Crippen molar-refractivity contribution in [3.8, 4) is 0 Å². The van der Waals surface area contributed by atoms with E-state index in [-0.39, 0.29) is 11.9 Å². The lowest BCUT2D eigenvalue weighted by molar-refractivity contribution is -0.157. The summed E-state index contributed by atoms with van der Waals surface area (Å²) >= 11 is 0. The highest BCUT2D eigenvalue weighted by Crippen LogP contribution is 2.34. The van der Waals surface area contributed by atoms with Gasteiger partial charge in [-0.2, -0.15) is 0 Å². The predicted molar refractivity (Wildman–Crippen MR) is 67.2 cm³/mol. The smallest absolute Gasteiger partial charge is 0.329 e. The summed E-state index contributed by atoms with van der Waals surface area (Å²) in [5, 5.41) is 12.7. The number of hydrogen-bond donors (Lipinski definition) is 2. The zero-order chi connectivity index (χ0) is 13.3. The summed E-state index contributed by atoms with van der Waals surface area (Å²) in [4.78, 5) is 25.7. The standard InChI is InChI=1S/C13H22N2O3/c1-3-13(12(17)18)6-4-8-15(13)11(16)10-9(2)5-7-14-10/h9-10,14H,3-8H2,1-2H3,(H,17,18). The first-order valence-corrected chi connectivity index (χ1v) is 6.81. The van der Waals surface area contributed by atoms with Crippen molar-refractivity contribution in [3.63, 3.8) is 0 Å². The van der Waals surface area contributed by atoms with Gasteiger partial charge in [0, 0.05) is 6.54 Å². The van der Waals surface area contributed by atoms with Gasteiger partial charge in [-0.1, -0.05) is 13.8 Å². The maximum Gasteiger partial charge on any atom is 0.329 e. The van der Waals surface area contributed by atoms with E-state index < -0.39 is 11.5 Å². The topological polar surface area (TPSA) is 69.6 Å². The summed E-state index contributed by atoms with van der Waals surface area (Å²) in [6.45, 7) is 5.32. The van der Waals surface area contributed by atoms with Crippen molar-refractivity contribution < 1.29 is 14.7 Å². The van der Waals surface area contributed by atoms with E-state index in [9.17, 15) is 14.7 Å². The third-order valence-electron chi connectivity index (χ3n) is 4.54. The molecule has 2 saturated heterocycles. The van der Waals surface area contributed by atoms with Crippen LogP contribution in [0.1, 0.15) is 39.5 Å². The van der Waals surface area contributed by atoms with Gasteiger partial charge in [-0.3, -0.25) is 4.79 Å². The van der Waals surface area contributed by atoms with Crippen LogP contribution in [-0.4, -0.2) is 46.6 Å². The van der Waals surface area contributed by atoms with Crippen LogP contribution in [0.4, 0.5) is 0 Å². The minimum Gasteiger partial charge on any atom is -0.479 e. The predicted octanol–water partition coefficient (Wildman–Crippen LogP) is 0.840. The molecule has 2 aliphatic heterocycles. The quantitative estimate of drug-likeness (QED) is 0.783. The van der Waals surface area contributed by atoms with Crippen molar-refractivity contribution in [3.05, 3.63) is 0 Å². The largest absolute Gasteiger partial charge is 0.479 e. The highest BCUT2D eigenvalue weighted by Gasteiger charge is 2.50. The third kappa shape index (κ3) is 1.90. The van der Waals surface area contributed by atoms with Crippen LogP contribution in [0.15, 0.2) is 0 Å². The van der Waals surface area contributed by atoms with Crippen LogP contribution in [0.2, 0.25) is 0 Å². The van der Waals surface area contributed by atoms with Crippen LogP contribution >= 0.6 is 0 Å². The molecule has 0 spiro atoms. The molecule has 1 amide bonds. The van der Waals surface area contributed by atoms with Crippen molar-refractivity contribution >= 4 is 11.9 Å². The normalized spacial score (nSPS) is 36.0. The highest BCUT2D eigenvalue weighted by molar-refractivity contribution is 5.90. The van der Waals surface area contributed by atoms with Gasteiger partial charge in [0.15, 0.2) is 0 Å². The molecule has 0 aromatic carbocycles. The lowest BCUT2D eigenvalue weighted by Gasteiger charge is -2.36. The molecule has 0 radical (unpaired) electrons. The Morgan fingerprint density at radius 2 is 2.22 bits per heavy atom. The molecule has 0 bridgehead atoms. The summed E-state index contributed by atoms with van der Waals surface area (Å²) in [6.07, 6.45) is 2.82. The van der Waals surface area contributed by atoms with Crippen LogP contribution in [-0.2, 0) is 9.59 Å². The molecule has 18 heavy (non-hydrogen) atoms. The lowest BCUT2D eigenvalue weighted by atomic mass is 9.91. The van der Waals surface area contributed by atoms with Crippen LogP contribution in [0, 0.1) is 5.92 Å². The number of amides is 1. The number of hydrogen-bond acceptors (Lipinski definition) is 3. The van der Waals surface area contributed by atoms with Crippen LogP contribution in [0.25, 0.3) is 0 Å². The first-order valence-electron chi connectivity index (χ1n) is 6.81. The van der Waals surface area contributed by atoms with Crippen LogP contribution < -0.4 is 5.32 Å². The lowest BCUT2D eigenvalue weighted by Crippen LogP contribution is -2.57. The van der Waals surface area contributed by atoms with E-state index in [1.54, 1.807) is 4.90 Å². The number of rotatable bonds is 3. The van der Waals surface area contributed by atoms with Gasteiger partial charge in [0.25, 0.3) is 0 Å². The first kappa shape index (κ1) is 13.3. The Morgan fingerprint density at radius 1 is 1.50 bits per heavy atom. The zero-order valence-electron chi connectivity index (χ0n) is 11.1. The number of aliphatic carboxylic acids is 1.